The van der Waals surface area contributed by atoms with Crippen LogP contribution in [-0.2, 0) is 11.2 Å². The number of hydrogen-bond acceptors (Lipinski definition) is 1. The Balaban J connectivity index is 2.55. The lowest BCUT2D eigenvalue weighted by Crippen LogP contribution is -1.96. The zero-order chi connectivity index (χ0) is 7.84. The molecule has 0 N–H and O–H groups in total. The standard InChI is InChI=1S/C9H7BrO/c10-9-7-4-2-1-3-6(7)5-8(9)11/h1-4,9H,5H2/t9-/m1/s1. The highest BCUT2D eigenvalue weighted by atomic mass is 79.9. The van der Waals surface area contributed by atoms with Crippen LogP contribution in [0.5, 0.6) is 0 Å². The fraction of sp³-hybridized carbons (Fsp3) is 0.222. The Bertz CT molecular complexity index is 306. The van der Waals surface area contributed by atoms with Gasteiger partial charge >= 0.3 is 0 Å². The van der Waals surface area contributed by atoms with Gasteiger partial charge in [0.05, 0.1) is 4.83 Å². The van der Waals surface area contributed by atoms with Gasteiger partial charge in [-0.3, -0.25) is 4.79 Å². The molecule has 0 aromatic heterocycles. The molecule has 56 valence electrons. The van der Waals surface area contributed by atoms with Crippen LogP contribution >= 0.6 is 15.9 Å². The molecule has 0 radical (unpaired) electrons. The first-order valence-corrected chi connectivity index (χ1v) is 4.45. The van der Waals surface area contributed by atoms with E-state index in [9.17, 15) is 4.79 Å². The molecule has 0 aliphatic heterocycles. The number of carbonyl (C=O) groups is 1. The first-order chi connectivity index (χ1) is 5.29. The summed E-state index contributed by atoms with van der Waals surface area (Å²) in [6.45, 7) is 0. The largest absolute Gasteiger partial charge is 0.298 e. The fourth-order valence-electron chi connectivity index (χ4n) is 1.39. The highest BCUT2D eigenvalue weighted by Gasteiger charge is 2.27. The summed E-state index contributed by atoms with van der Waals surface area (Å²) in [7, 11) is 0. The summed E-state index contributed by atoms with van der Waals surface area (Å²) in [4.78, 5) is 11.1. The van der Waals surface area contributed by atoms with Crippen molar-refractivity contribution in [1.29, 1.82) is 0 Å². The van der Waals surface area contributed by atoms with Crippen molar-refractivity contribution < 1.29 is 4.79 Å². The predicted octanol–water partition coefficient (Wildman–Crippen LogP) is 2.25. The maximum absolute atomic E-state index is 11.2. The summed E-state index contributed by atoms with van der Waals surface area (Å²) in [5.41, 5.74) is 2.30. The Morgan fingerprint density at radius 3 is 2.82 bits per heavy atom. The van der Waals surface area contributed by atoms with E-state index in [1.54, 1.807) is 0 Å². The van der Waals surface area contributed by atoms with Crippen molar-refractivity contribution in [3.05, 3.63) is 35.4 Å². The molecule has 0 unspecified atom stereocenters. The molecule has 1 aromatic rings. The minimum Gasteiger partial charge on any atom is -0.298 e. The quantitative estimate of drug-likeness (QED) is 0.601. The summed E-state index contributed by atoms with van der Waals surface area (Å²) in [6.07, 6.45) is 0.589. The van der Waals surface area contributed by atoms with E-state index in [4.69, 9.17) is 0 Å². The van der Waals surface area contributed by atoms with Crippen LogP contribution in [0.3, 0.4) is 0 Å². The summed E-state index contributed by atoms with van der Waals surface area (Å²) in [6, 6.07) is 7.94. The van der Waals surface area contributed by atoms with E-state index in [0.717, 1.165) is 5.56 Å². The molecule has 2 heteroatoms. The summed E-state index contributed by atoms with van der Waals surface area (Å²) in [5.74, 6) is 0.270. The molecule has 11 heavy (non-hydrogen) atoms. The molecule has 1 aliphatic carbocycles. The highest BCUT2D eigenvalue weighted by Crippen LogP contribution is 2.34. The molecule has 0 saturated heterocycles. The number of Topliss-reactive ketones (excluding diaryl/α,β-unsaturated/α-hetero) is 1. The van der Waals surface area contributed by atoms with Gasteiger partial charge in [-0.2, -0.15) is 0 Å². The van der Waals surface area contributed by atoms with Gasteiger partial charge in [0, 0.05) is 6.42 Å². The molecule has 0 bridgehead atoms. The number of ketones is 1. The zero-order valence-corrected chi connectivity index (χ0v) is 7.47. The Morgan fingerprint density at radius 1 is 1.36 bits per heavy atom. The maximum atomic E-state index is 11.2. The Hall–Kier alpha value is -0.630. The van der Waals surface area contributed by atoms with Gasteiger partial charge in [0.15, 0.2) is 5.78 Å². The Morgan fingerprint density at radius 2 is 2.09 bits per heavy atom. The fourth-order valence-corrected chi connectivity index (χ4v) is 2.00. The normalized spacial score (nSPS) is 21.9. The molecule has 1 aliphatic rings. The SMILES string of the molecule is O=C1Cc2ccccc2[C@H]1Br. The van der Waals surface area contributed by atoms with Crippen LogP contribution in [-0.4, -0.2) is 5.78 Å². The van der Waals surface area contributed by atoms with E-state index >= 15 is 0 Å². The molecule has 0 heterocycles. The van der Waals surface area contributed by atoms with Gasteiger partial charge in [-0.1, -0.05) is 40.2 Å². The van der Waals surface area contributed by atoms with Crippen LogP contribution in [0.1, 0.15) is 16.0 Å². The molecule has 1 nitrogen and oxygen atoms in total. The molecule has 0 spiro atoms. The number of carbonyl (C=O) groups excluding carboxylic acids is 1. The van der Waals surface area contributed by atoms with E-state index in [1.165, 1.54) is 5.56 Å². The van der Waals surface area contributed by atoms with Crippen LogP contribution in [0, 0.1) is 0 Å². The van der Waals surface area contributed by atoms with Gasteiger partial charge in [-0.05, 0) is 11.1 Å². The lowest BCUT2D eigenvalue weighted by molar-refractivity contribution is -0.117. The van der Waals surface area contributed by atoms with Crippen LogP contribution in [0.25, 0.3) is 0 Å². The average molecular weight is 211 g/mol. The van der Waals surface area contributed by atoms with Crippen molar-refractivity contribution in [2.45, 2.75) is 11.2 Å². The smallest absolute Gasteiger partial charge is 0.155 e. The van der Waals surface area contributed by atoms with Crippen molar-refractivity contribution in [2.24, 2.45) is 0 Å². The maximum Gasteiger partial charge on any atom is 0.155 e. The predicted molar refractivity (Wildman–Crippen MR) is 46.8 cm³/mol. The van der Waals surface area contributed by atoms with Crippen molar-refractivity contribution in [3.8, 4) is 0 Å². The number of hydrogen-bond donors (Lipinski definition) is 0. The molecule has 0 saturated carbocycles. The third kappa shape index (κ3) is 1.02. The zero-order valence-electron chi connectivity index (χ0n) is 5.88. The number of alkyl halides is 1. The Kier molecular flexibility index (Phi) is 1.57. The monoisotopic (exact) mass is 210 g/mol. The first-order valence-electron chi connectivity index (χ1n) is 3.53. The van der Waals surface area contributed by atoms with Gasteiger partial charge in [0.25, 0.3) is 0 Å². The molecule has 2 rings (SSSR count). The van der Waals surface area contributed by atoms with E-state index in [1.807, 2.05) is 24.3 Å². The van der Waals surface area contributed by atoms with E-state index in [2.05, 4.69) is 15.9 Å². The second-order valence-corrected chi connectivity index (χ2v) is 3.62. The number of halogens is 1. The Labute approximate surface area is 73.5 Å². The summed E-state index contributed by atoms with van der Waals surface area (Å²) >= 11 is 3.35. The topological polar surface area (TPSA) is 17.1 Å². The van der Waals surface area contributed by atoms with Crippen molar-refractivity contribution >= 4 is 21.7 Å². The van der Waals surface area contributed by atoms with E-state index in [-0.39, 0.29) is 10.6 Å². The van der Waals surface area contributed by atoms with Gasteiger partial charge in [0.2, 0.25) is 0 Å². The number of rotatable bonds is 0. The van der Waals surface area contributed by atoms with E-state index < -0.39 is 0 Å². The molecular formula is C9H7BrO. The van der Waals surface area contributed by atoms with Gasteiger partial charge < -0.3 is 0 Å². The molecule has 0 fully saturated rings. The second-order valence-electron chi connectivity index (χ2n) is 2.70. The van der Waals surface area contributed by atoms with Crippen LogP contribution in [0.4, 0.5) is 0 Å². The van der Waals surface area contributed by atoms with Crippen LogP contribution in [0.15, 0.2) is 24.3 Å². The van der Waals surface area contributed by atoms with Gasteiger partial charge in [-0.15, -0.1) is 0 Å². The molecule has 1 aromatic carbocycles. The van der Waals surface area contributed by atoms with Crippen LogP contribution in [0.2, 0.25) is 0 Å². The molecule has 1 atom stereocenters. The highest BCUT2D eigenvalue weighted by molar-refractivity contribution is 9.09. The van der Waals surface area contributed by atoms with Crippen molar-refractivity contribution in [1.82, 2.24) is 0 Å². The minimum atomic E-state index is -0.0568. The van der Waals surface area contributed by atoms with Crippen molar-refractivity contribution in [3.63, 3.8) is 0 Å². The third-order valence-corrected chi connectivity index (χ3v) is 2.98. The molecular weight excluding hydrogens is 204 g/mol. The average Bonchev–Trinajstić information content (AvgIpc) is 2.30. The minimum absolute atomic E-state index is 0.0568. The lowest BCUT2D eigenvalue weighted by Gasteiger charge is -1.98. The molecule has 0 amide bonds. The summed E-state index contributed by atoms with van der Waals surface area (Å²) < 4.78 is 0. The van der Waals surface area contributed by atoms with Crippen LogP contribution < -0.4 is 0 Å². The number of benzene rings is 1. The number of fused-ring (bicyclic) bond motifs is 1. The first kappa shape index (κ1) is 7.04. The lowest BCUT2D eigenvalue weighted by atomic mass is 10.1. The second kappa shape index (κ2) is 2.45. The van der Waals surface area contributed by atoms with Gasteiger partial charge in [-0.25, -0.2) is 0 Å². The van der Waals surface area contributed by atoms with E-state index in [0.29, 0.717) is 6.42 Å². The third-order valence-electron chi connectivity index (χ3n) is 1.98. The van der Waals surface area contributed by atoms with Crippen molar-refractivity contribution in [2.75, 3.05) is 0 Å². The van der Waals surface area contributed by atoms with Gasteiger partial charge in [0.1, 0.15) is 0 Å². The summed E-state index contributed by atoms with van der Waals surface area (Å²) in [5, 5.41) is 0.